The number of likely N-dealkylation sites (tertiary alicyclic amines) is 1. The molecular weight excluding hydrogens is 319 g/mol. The predicted octanol–water partition coefficient (Wildman–Crippen LogP) is 4.35. The number of nitrogens with one attached hydrogen (secondary N) is 1. The maximum Gasteiger partial charge on any atom is 0.142 e. The van der Waals surface area contributed by atoms with Gasteiger partial charge in [-0.05, 0) is 51.9 Å². The quantitative estimate of drug-likeness (QED) is 0.795. The van der Waals surface area contributed by atoms with Crippen LogP contribution in [0.5, 0.6) is 5.75 Å². The van der Waals surface area contributed by atoms with Crippen LogP contribution in [0.3, 0.4) is 0 Å². The predicted molar refractivity (Wildman–Crippen MR) is 94.2 cm³/mol. The fraction of sp³-hybridized carbons (Fsp3) is 0.647. The molecule has 1 aromatic carbocycles. The van der Waals surface area contributed by atoms with E-state index in [2.05, 4.69) is 17.1 Å². The maximum absolute atomic E-state index is 6.28. The number of halogens is 2. The minimum atomic E-state index is 0.0860. The lowest BCUT2D eigenvalue weighted by molar-refractivity contribution is 0.238. The van der Waals surface area contributed by atoms with Crippen LogP contribution in [0.2, 0.25) is 10.0 Å². The van der Waals surface area contributed by atoms with E-state index < -0.39 is 0 Å². The van der Waals surface area contributed by atoms with E-state index in [9.17, 15) is 0 Å². The zero-order chi connectivity index (χ0) is 16.1. The molecule has 0 amide bonds. The van der Waals surface area contributed by atoms with Crippen LogP contribution in [0.1, 0.15) is 39.2 Å². The molecule has 5 heteroatoms. The van der Waals surface area contributed by atoms with Crippen molar-refractivity contribution in [2.75, 3.05) is 19.6 Å². The van der Waals surface area contributed by atoms with Crippen molar-refractivity contribution in [3.63, 3.8) is 0 Å². The van der Waals surface area contributed by atoms with Crippen LogP contribution in [-0.2, 0) is 6.54 Å². The molecule has 1 aliphatic heterocycles. The second kappa shape index (κ2) is 8.39. The van der Waals surface area contributed by atoms with Crippen LogP contribution in [0.15, 0.2) is 12.1 Å². The van der Waals surface area contributed by atoms with Gasteiger partial charge < -0.3 is 10.1 Å². The van der Waals surface area contributed by atoms with Crippen LogP contribution < -0.4 is 10.1 Å². The summed E-state index contributed by atoms with van der Waals surface area (Å²) in [6.45, 7) is 10.3. The Bertz CT molecular complexity index is 494. The second-order valence-corrected chi connectivity index (χ2v) is 6.94. The zero-order valence-electron chi connectivity index (χ0n) is 13.7. The molecule has 0 saturated carbocycles. The van der Waals surface area contributed by atoms with Crippen LogP contribution in [0.25, 0.3) is 0 Å². The van der Waals surface area contributed by atoms with E-state index in [0.29, 0.717) is 16.1 Å². The van der Waals surface area contributed by atoms with Crippen LogP contribution in [0.4, 0.5) is 0 Å². The molecule has 22 heavy (non-hydrogen) atoms. The van der Waals surface area contributed by atoms with E-state index in [-0.39, 0.29) is 6.10 Å². The lowest BCUT2D eigenvalue weighted by atomic mass is 10.1. The third-order valence-electron chi connectivity index (χ3n) is 4.04. The Hall–Kier alpha value is -0.480. The van der Waals surface area contributed by atoms with Crippen LogP contribution in [-0.4, -0.2) is 36.7 Å². The van der Waals surface area contributed by atoms with Crippen molar-refractivity contribution in [1.82, 2.24) is 10.2 Å². The van der Waals surface area contributed by atoms with E-state index in [0.717, 1.165) is 30.9 Å². The molecule has 1 N–H and O–H groups in total. The van der Waals surface area contributed by atoms with Crippen molar-refractivity contribution in [1.29, 1.82) is 0 Å². The molecule has 0 bridgehead atoms. The van der Waals surface area contributed by atoms with Crippen LogP contribution >= 0.6 is 23.2 Å². The van der Waals surface area contributed by atoms with Gasteiger partial charge in [0.25, 0.3) is 0 Å². The number of ether oxygens (including phenoxy) is 1. The summed E-state index contributed by atoms with van der Waals surface area (Å²) in [6.07, 6.45) is 2.65. The van der Waals surface area contributed by atoms with Gasteiger partial charge in [0, 0.05) is 29.7 Å². The van der Waals surface area contributed by atoms with Crippen molar-refractivity contribution in [3.05, 3.63) is 27.7 Å². The molecule has 1 atom stereocenters. The van der Waals surface area contributed by atoms with Crippen molar-refractivity contribution < 1.29 is 4.74 Å². The van der Waals surface area contributed by atoms with E-state index >= 15 is 0 Å². The highest BCUT2D eigenvalue weighted by atomic mass is 35.5. The summed E-state index contributed by atoms with van der Waals surface area (Å²) >= 11 is 12.4. The van der Waals surface area contributed by atoms with Gasteiger partial charge in [-0.2, -0.15) is 0 Å². The Labute approximate surface area is 143 Å². The topological polar surface area (TPSA) is 24.5 Å². The molecule has 1 fully saturated rings. The molecule has 0 unspecified atom stereocenters. The summed E-state index contributed by atoms with van der Waals surface area (Å²) in [5, 5.41) is 4.76. The smallest absolute Gasteiger partial charge is 0.142 e. The van der Waals surface area contributed by atoms with Crippen molar-refractivity contribution in [2.45, 2.75) is 52.3 Å². The SMILES string of the molecule is CCN1CCC[C@@H]1CNCc1cc(Cl)cc(Cl)c1OC(C)C. The van der Waals surface area contributed by atoms with Gasteiger partial charge in [-0.1, -0.05) is 30.1 Å². The van der Waals surface area contributed by atoms with E-state index in [1.165, 1.54) is 19.4 Å². The first-order valence-electron chi connectivity index (χ1n) is 8.10. The molecule has 124 valence electrons. The number of hydrogen-bond acceptors (Lipinski definition) is 3. The molecule has 1 aromatic rings. The minimum Gasteiger partial charge on any atom is -0.489 e. The molecule has 1 saturated heterocycles. The summed E-state index contributed by atoms with van der Waals surface area (Å²) in [4.78, 5) is 2.53. The Morgan fingerprint density at radius 3 is 2.82 bits per heavy atom. The van der Waals surface area contributed by atoms with Gasteiger partial charge in [-0.15, -0.1) is 0 Å². The fourth-order valence-electron chi connectivity index (χ4n) is 3.03. The number of likely N-dealkylation sites (N-methyl/N-ethyl adjacent to an activating group) is 1. The molecule has 2 rings (SSSR count). The molecule has 0 aliphatic carbocycles. The standard InChI is InChI=1S/C17H26Cl2N2O/c1-4-21-7-5-6-15(21)11-20-10-13-8-14(18)9-16(19)17(13)22-12(2)3/h8-9,12,15,20H,4-7,10-11H2,1-3H3/t15-/m1/s1. The van der Waals surface area contributed by atoms with Gasteiger partial charge in [0.2, 0.25) is 0 Å². The third-order valence-corrected chi connectivity index (χ3v) is 4.54. The Morgan fingerprint density at radius 1 is 1.36 bits per heavy atom. The molecule has 1 heterocycles. The highest BCUT2D eigenvalue weighted by Gasteiger charge is 2.22. The van der Waals surface area contributed by atoms with E-state index in [1.54, 1.807) is 6.07 Å². The summed E-state index contributed by atoms with van der Waals surface area (Å²) in [7, 11) is 0. The summed E-state index contributed by atoms with van der Waals surface area (Å²) in [5.74, 6) is 0.743. The van der Waals surface area contributed by atoms with Gasteiger partial charge in [-0.3, -0.25) is 4.90 Å². The fourth-order valence-corrected chi connectivity index (χ4v) is 3.61. The Balaban J connectivity index is 1.99. The highest BCUT2D eigenvalue weighted by Crippen LogP contribution is 2.33. The van der Waals surface area contributed by atoms with Gasteiger partial charge in [0.15, 0.2) is 0 Å². The molecule has 3 nitrogen and oxygen atoms in total. The number of nitrogens with zero attached hydrogens (tertiary/aromatic N) is 1. The minimum absolute atomic E-state index is 0.0860. The van der Waals surface area contributed by atoms with Crippen LogP contribution in [0, 0.1) is 0 Å². The Kier molecular flexibility index (Phi) is 6.82. The molecule has 0 aromatic heterocycles. The second-order valence-electron chi connectivity index (χ2n) is 6.10. The van der Waals surface area contributed by atoms with Crippen molar-refractivity contribution in [3.8, 4) is 5.75 Å². The van der Waals surface area contributed by atoms with E-state index in [4.69, 9.17) is 27.9 Å². The van der Waals surface area contributed by atoms with Gasteiger partial charge >= 0.3 is 0 Å². The average Bonchev–Trinajstić information content (AvgIpc) is 2.89. The first-order chi connectivity index (χ1) is 10.5. The monoisotopic (exact) mass is 344 g/mol. The normalized spacial score (nSPS) is 19.1. The molecule has 1 aliphatic rings. The summed E-state index contributed by atoms with van der Waals surface area (Å²) in [6, 6.07) is 4.30. The summed E-state index contributed by atoms with van der Waals surface area (Å²) in [5.41, 5.74) is 1.02. The largest absolute Gasteiger partial charge is 0.489 e. The molecule has 0 radical (unpaired) electrons. The maximum atomic E-state index is 6.28. The number of hydrogen-bond donors (Lipinski definition) is 1. The van der Waals surface area contributed by atoms with Gasteiger partial charge in [-0.25, -0.2) is 0 Å². The zero-order valence-corrected chi connectivity index (χ0v) is 15.2. The molecule has 0 spiro atoms. The average molecular weight is 345 g/mol. The number of benzene rings is 1. The van der Waals surface area contributed by atoms with Crippen molar-refractivity contribution >= 4 is 23.2 Å². The highest BCUT2D eigenvalue weighted by molar-refractivity contribution is 6.35. The molecular formula is C17H26Cl2N2O. The Morgan fingerprint density at radius 2 is 2.14 bits per heavy atom. The van der Waals surface area contributed by atoms with E-state index in [1.807, 2.05) is 19.9 Å². The van der Waals surface area contributed by atoms with Gasteiger partial charge in [0.05, 0.1) is 11.1 Å². The third kappa shape index (κ3) is 4.76. The first-order valence-corrected chi connectivity index (χ1v) is 8.86. The summed E-state index contributed by atoms with van der Waals surface area (Å²) < 4.78 is 5.85. The van der Waals surface area contributed by atoms with Gasteiger partial charge in [0.1, 0.15) is 5.75 Å². The lowest BCUT2D eigenvalue weighted by Crippen LogP contribution is -2.37. The van der Waals surface area contributed by atoms with Crippen molar-refractivity contribution in [2.24, 2.45) is 0 Å². The first kappa shape index (κ1) is 17.9. The number of rotatable bonds is 7. The lowest BCUT2D eigenvalue weighted by Gasteiger charge is -2.23.